The highest BCUT2D eigenvalue weighted by atomic mass is 16.5. The minimum Gasteiger partial charge on any atom is -0.497 e. The van der Waals surface area contributed by atoms with Crippen LogP contribution in [0.15, 0.2) is 18.2 Å². The molecule has 3 N–H and O–H groups in total. The molecule has 0 saturated carbocycles. The van der Waals surface area contributed by atoms with E-state index in [1.54, 1.807) is 32.9 Å². The van der Waals surface area contributed by atoms with Gasteiger partial charge in [-0.25, -0.2) is 0 Å². The van der Waals surface area contributed by atoms with Crippen LogP contribution in [0.1, 0.15) is 31.1 Å². The number of aliphatic carboxylic acids is 1. The Labute approximate surface area is 118 Å². The van der Waals surface area contributed by atoms with E-state index in [2.05, 4.69) is 0 Å². The van der Waals surface area contributed by atoms with E-state index in [0.717, 1.165) is 0 Å². The summed E-state index contributed by atoms with van der Waals surface area (Å²) in [5, 5.41) is 8.96. The van der Waals surface area contributed by atoms with Crippen molar-refractivity contribution in [2.75, 3.05) is 19.4 Å². The van der Waals surface area contributed by atoms with Crippen LogP contribution < -0.4 is 10.5 Å². The second-order valence-corrected chi connectivity index (χ2v) is 5.41. The van der Waals surface area contributed by atoms with Gasteiger partial charge in [-0.1, -0.05) is 0 Å². The van der Waals surface area contributed by atoms with Crippen molar-refractivity contribution in [1.82, 2.24) is 4.90 Å². The van der Waals surface area contributed by atoms with E-state index < -0.39 is 17.4 Å². The number of carboxylic acid groups (broad SMARTS) is 1. The summed E-state index contributed by atoms with van der Waals surface area (Å²) in [6.07, 6.45) is 0. The third kappa shape index (κ3) is 3.63. The number of nitrogens with zero attached hydrogens (tertiary/aromatic N) is 1. The van der Waals surface area contributed by atoms with Gasteiger partial charge in [-0.3, -0.25) is 9.59 Å². The number of anilines is 1. The Morgan fingerprint density at radius 1 is 1.35 bits per heavy atom. The zero-order valence-electron chi connectivity index (χ0n) is 12.1. The van der Waals surface area contributed by atoms with Gasteiger partial charge >= 0.3 is 5.97 Å². The first-order valence-corrected chi connectivity index (χ1v) is 6.14. The summed E-state index contributed by atoms with van der Waals surface area (Å²) in [6, 6.07) is 4.72. The standard InChI is InChI=1S/C14H20N2O4/c1-14(2,3)16(8-12(17)18)13(19)10-7-9(20-4)5-6-11(10)15/h5-7H,8,15H2,1-4H3,(H,17,18). The number of carboxylic acids is 1. The highest BCUT2D eigenvalue weighted by molar-refractivity contribution is 6.01. The van der Waals surface area contributed by atoms with Crippen LogP contribution in [-0.2, 0) is 4.79 Å². The number of hydrogen-bond donors (Lipinski definition) is 2. The predicted octanol–water partition coefficient (Wildman–Crippen LogP) is 1.60. The first-order chi connectivity index (χ1) is 9.16. The Balaban J connectivity index is 3.21. The fourth-order valence-electron chi connectivity index (χ4n) is 1.74. The van der Waals surface area contributed by atoms with E-state index >= 15 is 0 Å². The van der Waals surface area contributed by atoms with Gasteiger partial charge in [-0.15, -0.1) is 0 Å². The highest BCUT2D eigenvalue weighted by Gasteiger charge is 2.30. The van der Waals surface area contributed by atoms with Crippen molar-refractivity contribution in [3.63, 3.8) is 0 Å². The molecule has 0 atom stereocenters. The molecule has 0 radical (unpaired) electrons. The van der Waals surface area contributed by atoms with Crippen molar-refractivity contribution in [2.45, 2.75) is 26.3 Å². The summed E-state index contributed by atoms with van der Waals surface area (Å²) < 4.78 is 5.06. The largest absolute Gasteiger partial charge is 0.497 e. The monoisotopic (exact) mass is 280 g/mol. The third-order valence-corrected chi connectivity index (χ3v) is 2.84. The van der Waals surface area contributed by atoms with E-state index in [4.69, 9.17) is 15.6 Å². The van der Waals surface area contributed by atoms with E-state index in [1.165, 1.54) is 18.1 Å². The molecule has 1 aromatic carbocycles. The SMILES string of the molecule is COc1ccc(N)c(C(=O)N(CC(=O)O)C(C)(C)C)c1. The van der Waals surface area contributed by atoms with Gasteiger partial charge in [0.15, 0.2) is 0 Å². The summed E-state index contributed by atoms with van der Waals surface area (Å²) in [4.78, 5) is 24.8. The van der Waals surface area contributed by atoms with Crippen LogP contribution >= 0.6 is 0 Å². The molecule has 6 heteroatoms. The summed E-state index contributed by atoms with van der Waals surface area (Å²) in [5.74, 6) is -1.02. The average molecular weight is 280 g/mol. The zero-order valence-corrected chi connectivity index (χ0v) is 12.1. The second-order valence-electron chi connectivity index (χ2n) is 5.41. The zero-order chi connectivity index (χ0) is 15.5. The minimum atomic E-state index is -1.07. The molecule has 1 amide bonds. The number of carbonyl (C=O) groups excluding carboxylic acids is 1. The lowest BCUT2D eigenvalue weighted by Crippen LogP contribution is -2.48. The molecule has 0 aliphatic rings. The number of rotatable bonds is 4. The number of amides is 1. The molecule has 20 heavy (non-hydrogen) atoms. The third-order valence-electron chi connectivity index (χ3n) is 2.84. The molecule has 0 aliphatic heterocycles. The molecule has 0 aliphatic carbocycles. The predicted molar refractivity (Wildman–Crippen MR) is 75.8 cm³/mol. The first-order valence-electron chi connectivity index (χ1n) is 6.14. The Kier molecular flexibility index (Phi) is 4.60. The molecule has 6 nitrogen and oxygen atoms in total. The van der Waals surface area contributed by atoms with Crippen molar-refractivity contribution < 1.29 is 19.4 Å². The maximum absolute atomic E-state index is 12.5. The summed E-state index contributed by atoms with van der Waals surface area (Å²) in [7, 11) is 1.48. The molecule has 0 spiro atoms. The van der Waals surface area contributed by atoms with E-state index in [9.17, 15) is 9.59 Å². The molecule has 1 aromatic rings. The maximum Gasteiger partial charge on any atom is 0.323 e. The number of methoxy groups -OCH3 is 1. The quantitative estimate of drug-likeness (QED) is 0.817. The fraction of sp³-hybridized carbons (Fsp3) is 0.429. The Morgan fingerprint density at radius 3 is 2.40 bits per heavy atom. The van der Waals surface area contributed by atoms with Crippen LogP contribution in [0.5, 0.6) is 5.75 Å². The van der Waals surface area contributed by atoms with Crippen LogP contribution in [0.2, 0.25) is 0 Å². The number of hydrogen-bond acceptors (Lipinski definition) is 4. The summed E-state index contributed by atoms with van der Waals surface area (Å²) in [6.45, 7) is 4.91. The lowest BCUT2D eigenvalue weighted by atomic mass is 10.0. The average Bonchev–Trinajstić information content (AvgIpc) is 2.34. The van der Waals surface area contributed by atoms with Crippen LogP contribution in [-0.4, -0.2) is 41.1 Å². The van der Waals surface area contributed by atoms with Gasteiger partial charge < -0.3 is 20.5 Å². The van der Waals surface area contributed by atoms with Crippen molar-refractivity contribution >= 4 is 17.6 Å². The Morgan fingerprint density at radius 2 is 1.95 bits per heavy atom. The van der Waals surface area contributed by atoms with Gasteiger partial charge in [-0.05, 0) is 39.0 Å². The van der Waals surface area contributed by atoms with Crippen molar-refractivity contribution in [2.24, 2.45) is 0 Å². The Hall–Kier alpha value is -2.24. The lowest BCUT2D eigenvalue weighted by Gasteiger charge is -2.34. The topological polar surface area (TPSA) is 92.9 Å². The fourth-order valence-corrected chi connectivity index (χ4v) is 1.74. The smallest absolute Gasteiger partial charge is 0.323 e. The molecule has 1 rings (SSSR count). The molecule has 0 aromatic heterocycles. The molecule has 0 bridgehead atoms. The van der Waals surface area contributed by atoms with E-state index in [-0.39, 0.29) is 17.8 Å². The minimum absolute atomic E-state index is 0.237. The highest BCUT2D eigenvalue weighted by Crippen LogP contribution is 2.24. The summed E-state index contributed by atoms with van der Waals surface area (Å²) in [5.41, 5.74) is 5.70. The lowest BCUT2D eigenvalue weighted by molar-refractivity contribution is -0.138. The van der Waals surface area contributed by atoms with Gasteiger partial charge in [0.25, 0.3) is 5.91 Å². The molecule has 0 fully saturated rings. The first kappa shape index (κ1) is 15.8. The van der Waals surface area contributed by atoms with Crippen molar-refractivity contribution in [3.8, 4) is 5.75 Å². The number of ether oxygens (including phenoxy) is 1. The maximum atomic E-state index is 12.5. The normalized spacial score (nSPS) is 11.0. The van der Waals surface area contributed by atoms with Crippen LogP contribution in [0, 0.1) is 0 Å². The van der Waals surface area contributed by atoms with Gasteiger partial charge in [-0.2, -0.15) is 0 Å². The number of nitrogens with two attached hydrogens (primary N) is 1. The van der Waals surface area contributed by atoms with Crippen LogP contribution in [0.25, 0.3) is 0 Å². The number of nitrogen functional groups attached to an aromatic ring is 1. The van der Waals surface area contributed by atoms with Crippen molar-refractivity contribution in [3.05, 3.63) is 23.8 Å². The van der Waals surface area contributed by atoms with Gasteiger partial charge in [0, 0.05) is 11.2 Å². The molecular formula is C14H20N2O4. The molecule has 0 heterocycles. The summed E-state index contributed by atoms with van der Waals surface area (Å²) >= 11 is 0. The van der Waals surface area contributed by atoms with Gasteiger partial charge in [0.2, 0.25) is 0 Å². The van der Waals surface area contributed by atoms with Gasteiger partial charge in [0.05, 0.1) is 12.7 Å². The molecule has 0 saturated heterocycles. The second kappa shape index (κ2) is 5.81. The van der Waals surface area contributed by atoms with E-state index in [0.29, 0.717) is 5.75 Å². The van der Waals surface area contributed by atoms with Crippen molar-refractivity contribution in [1.29, 1.82) is 0 Å². The number of benzene rings is 1. The molecule has 0 unspecified atom stereocenters. The van der Waals surface area contributed by atoms with E-state index in [1.807, 2.05) is 0 Å². The van der Waals surface area contributed by atoms with Gasteiger partial charge in [0.1, 0.15) is 12.3 Å². The Bertz CT molecular complexity index is 520. The number of carbonyl (C=O) groups is 2. The molecular weight excluding hydrogens is 260 g/mol. The molecule has 110 valence electrons. The van der Waals surface area contributed by atoms with Crippen LogP contribution in [0.4, 0.5) is 5.69 Å². The van der Waals surface area contributed by atoms with Crippen LogP contribution in [0.3, 0.4) is 0 Å².